The van der Waals surface area contributed by atoms with Gasteiger partial charge < -0.3 is 5.32 Å². The van der Waals surface area contributed by atoms with Crippen molar-refractivity contribution >= 4 is 39.3 Å². The highest BCUT2D eigenvalue weighted by Gasteiger charge is 2.22. The first-order valence-electron chi connectivity index (χ1n) is 8.41. The summed E-state index contributed by atoms with van der Waals surface area (Å²) in [6, 6.07) is 14.2. The molecule has 0 bridgehead atoms. The number of rotatable bonds is 9. The summed E-state index contributed by atoms with van der Waals surface area (Å²) in [5.74, 6) is 1.21. The smallest absolute Gasteiger partial charge is 0.243 e. The highest BCUT2D eigenvalue weighted by molar-refractivity contribution is 7.98. The van der Waals surface area contributed by atoms with Gasteiger partial charge in [0.15, 0.2) is 0 Å². The molecule has 8 heteroatoms. The van der Waals surface area contributed by atoms with Crippen molar-refractivity contribution < 1.29 is 13.2 Å². The van der Waals surface area contributed by atoms with Crippen molar-refractivity contribution in [1.29, 1.82) is 0 Å². The number of sulfonamides is 1. The van der Waals surface area contributed by atoms with Crippen molar-refractivity contribution in [2.24, 2.45) is 0 Å². The molecule has 2 rings (SSSR count). The van der Waals surface area contributed by atoms with Crippen molar-refractivity contribution in [3.8, 4) is 0 Å². The minimum absolute atomic E-state index is 0.181. The number of aryl methyl sites for hydroxylation is 1. The van der Waals surface area contributed by atoms with E-state index in [-0.39, 0.29) is 17.3 Å². The topological polar surface area (TPSA) is 66.5 Å². The number of thioether (sulfide) groups is 1. The maximum atomic E-state index is 12.5. The van der Waals surface area contributed by atoms with E-state index in [4.69, 9.17) is 11.6 Å². The molecule has 5 nitrogen and oxygen atoms in total. The number of hydrogen-bond acceptors (Lipinski definition) is 4. The third kappa shape index (κ3) is 6.84. The molecule has 0 radical (unpaired) electrons. The van der Waals surface area contributed by atoms with Crippen LogP contribution in [0.4, 0.5) is 0 Å². The van der Waals surface area contributed by atoms with Crippen LogP contribution >= 0.6 is 23.4 Å². The summed E-state index contributed by atoms with van der Waals surface area (Å²) < 4.78 is 26.0. The van der Waals surface area contributed by atoms with Crippen molar-refractivity contribution in [3.63, 3.8) is 0 Å². The van der Waals surface area contributed by atoms with E-state index in [9.17, 15) is 13.2 Å². The first-order chi connectivity index (χ1) is 12.8. The second-order valence-electron chi connectivity index (χ2n) is 6.11. The fourth-order valence-corrected chi connectivity index (χ4v) is 4.46. The zero-order valence-corrected chi connectivity index (χ0v) is 17.7. The van der Waals surface area contributed by atoms with Crippen LogP contribution in [0.2, 0.25) is 5.02 Å². The standard InChI is InChI=1S/C19H23ClN2O3S2/c1-15-6-8-18(9-7-15)27(24,25)22(2)13-19(23)21-10-11-26-14-16-4-3-5-17(20)12-16/h3-9,12H,10-11,13-14H2,1-2H3,(H,21,23). The quantitative estimate of drug-likeness (QED) is 0.624. The first kappa shape index (κ1) is 21.8. The predicted molar refractivity (Wildman–Crippen MR) is 112 cm³/mol. The Morgan fingerprint density at radius 3 is 2.56 bits per heavy atom. The second-order valence-corrected chi connectivity index (χ2v) is 9.69. The average molecular weight is 427 g/mol. The van der Waals surface area contributed by atoms with E-state index in [2.05, 4.69) is 5.32 Å². The van der Waals surface area contributed by atoms with E-state index in [1.54, 1.807) is 36.0 Å². The third-order valence-electron chi connectivity index (χ3n) is 3.82. The van der Waals surface area contributed by atoms with Crippen LogP contribution in [0.15, 0.2) is 53.4 Å². The summed E-state index contributed by atoms with van der Waals surface area (Å²) in [5.41, 5.74) is 2.10. The number of nitrogens with one attached hydrogen (secondary N) is 1. The van der Waals surface area contributed by atoms with Gasteiger partial charge in [-0.1, -0.05) is 41.4 Å². The van der Waals surface area contributed by atoms with E-state index in [0.717, 1.165) is 26.9 Å². The molecule has 0 aliphatic heterocycles. The van der Waals surface area contributed by atoms with Gasteiger partial charge in [-0.15, -0.1) is 0 Å². The fourth-order valence-electron chi connectivity index (χ4n) is 2.31. The Labute approximate surface area is 170 Å². The van der Waals surface area contributed by atoms with Crippen LogP contribution in [-0.2, 0) is 20.6 Å². The maximum absolute atomic E-state index is 12.5. The summed E-state index contributed by atoms with van der Waals surface area (Å²) in [6.07, 6.45) is 0. The molecule has 0 spiro atoms. The van der Waals surface area contributed by atoms with Crippen molar-refractivity contribution in [2.45, 2.75) is 17.6 Å². The van der Waals surface area contributed by atoms with Gasteiger partial charge in [0.25, 0.3) is 0 Å². The molecule has 0 heterocycles. The molecule has 0 unspecified atom stereocenters. The molecule has 0 atom stereocenters. The van der Waals surface area contributed by atoms with Crippen molar-refractivity contribution in [3.05, 3.63) is 64.7 Å². The zero-order valence-electron chi connectivity index (χ0n) is 15.3. The van der Waals surface area contributed by atoms with Gasteiger partial charge in [-0.05, 0) is 36.8 Å². The van der Waals surface area contributed by atoms with E-state index in [0.29, 0.717) is 11.6 Å². The molecular weight excluding hydrogens is 404 g/mol. The van der Waals surface area contributed by atoms with Crippen LogP contribution < -0.4 is 5.32 Å². The summed E-state index contributed by atoms with van der Waals surface area (Å²) in [4.78, 5) is 12.2. The van der Waals surface area contributed by atoms with E-state index in [1.807, 2.05) is 31.2 Å². The first-order valence-corrected chi connectivity index (χ1v) is 11.4. The summed E-state index contributed by atoms with van der Waals surface area (Å²) in [7, 11) is -2.27. The number of hydrogen-bond donors (Lipinski definition) is 1. The Morgan fingerprint density at radius 1 is 1.19 bits per heavy atom. The lowest BCUT2D eigenvalue weighted by molar-refractivity contribution is -0.121. The maximum Gasteiger partial charge on any atom is 0.243 e. The monoisotopic (exact) mass is 426 g/mol. The highest BCUT2D eigenvalue weighted by atomic mass is 35.5. The van der Waals surface area contributed by atoms with Crippen LogP contribution in [0, 0.1) is 6.92 Å². The van der Waals surface area contributed by atoms with Gasteiger partial charge in [-0.3, -0.25) is 4.79 Å². The van der Waals surface area contributed by atoms with Gasteiger partial charge in [0.1, 0.15) is 0 Å². The number of nitrogens with zero attached hydrogens (tertiary/aromatic N) is 1. The average Bonchev–Trinajstić information content (AvgIpc) is 2.61. The predicted octanol–water partition coefficient (Wildman–Crippen LogP) is 3.32. The largest absolute Gasteiger partial charge is 0.354 e. The van der Waals surface area contributed by atoms with Crippen molar-refractivity contribution in [2.75, 3.05) is 25.9 Å². The SMILES string of the molecule is Cc1ccc(S(=O)(=O)N(C)CC(=O)NCCSCc2cccc(Cl)c2)cc1. The molecule has 27 heavy (non-hydrogen) atoms. The molecule has 0 fully saturated rings. The summed E-state index contributed by atoms with van der Waals surface area (Å²) >= 11 is 7.62. The molecule has 0 saturated heterocycles. The zero-order chi connectivity index (χ0) is 19.9. The number of carbonyl (C=O) groups excluding carboxylic acids is 1. The minimum Gasteiger partial charge on any atom is -0.354 e. The Morgan fingerprint density at radius 2 is 1.89 bits per heavy atom. The highest BCUT2D eigenvalue weighted by Crippen LogP contribution is 2.16. The Bertz CT molecular complexity index is 871. The fraction of sp³-hybridized carbons (Fsp3) is 0.316. The lowest BCUT2D eigenvalue weighted by Gasteiger charge is -2.17. The molecule has 0 saturated carbocycles. The van der Waals surface area contributed by atoms with Gasteiger partial charge in [0, 0.05) is 30.1 Å². The second kappa shape index (κ2) is 10.1. The molecule has 1 amide bonds. The van der Waals surface area contributed by atoms with Crippen LogP contribution in [0.3, 0.4) is 0 Å². The van der Waals surface area contributed by atoms with Gasteiger partial charge in [0.05, 0.1) is 11.4 Å². The lowest BCUT2D eigenvalue weighted by atomic mass is 10.2. The minimum atomic E-state index is -3.67. The Hall–Kier alpha value is -1.54. The van der Waals surface area contributed by atoms with Gasteiger partial charge in [0.2, 0.25) is 15.9 Å². The van der Waals surface area contributed by atoms with E-state index >= 15 is 0 Å². The normalized spacial score (nSPS) is 11.6. The van der Waals surface area contributed by atoms with Crippen LogP contribution in [0.5, 0.6) is 0 Å². The van der Waals surface area contributed by atoms with E-state index in [1.165, 1.54) is 7.05 Å². The molecular formula is C19H23ClN2O3S2. The molecule has 2 aromatic rings. The number of carbonyl (C=O) groups is 1. The lowest BCUT2D eigenvalue weighted by Crippen LogP contribution is -2.39. The number of amides is 1. The van der Waals surface area contributed by atoms with Crippen LogP contribution in [0.1, 0.15) is 11.1 Å². The summed E-state index contributed by atoms with van der Waals surface area (Å²) in [6.45, 7) is 2.15. The number of halogens is 1. The molecule has 0 aliphatic rings. The van der Waals surface area contributed by atoms with Crippen LogP contribution in [-0.4, -0.2) is 44.5 Å². The third-order valence-corrected chi connectivity index (χ3v) is 6.90. The van der Waals surface area contributed by atoms with Crippen molar-refractivity contribution in [1.82, 2.24) is 9.62 Å². The molecule has 0 aromatic heterocycles. The van der Waals surface area contributed by atoms with Gasteiger partial charge in [-0.25, -0.2) is 8.42 Å². The summed E-state index contributed by atoms with van der Waals surface area (Å²) in [5, 5.41) is 3.46. The molecule has 0 aliphatic carbocycles. The number of likely N-dealkylation sites (N-methyl/N-ethyl adjacent to an activating group) is 1. The van der Waals surface area contributed by atoms with Crippen LogP contribution in [0.25, 0.3) is 0 Å². The Balaban J connectivity index is 1.74. The molecule has 146 valence electrons. The Kier molecular flexibility index (Phi) is 8.16. The number of benzene rings is 2. The molecule has 2 aromatic carbocycles. The van der Waals surface area contributed by atoms with Gasteiger partial charge >= 0.3 is 0 Å². The van der Waals surface area contributed by atoms with E-state index < -0.39 is 10.0 Å². The van der Waals surface area contributed by atoms with Gasteiger partial charge in [-0.2, -0.15) is 16.1 Å². The molecule has 1 N–H and O–H groups in total.